The number of aromatic nitrogens is 3. The van der Waals surface area contributed by atoms with E-state index in [2.05, 4.69) is 90.3 Å². The highest BCUT2D eigenvalue weighted by atomic mass is 14.6. The summed E-state index contributed by atoms with van der Waals surface area (Å²) in [6.45, 7) is 7.04. The molecule has 3 nitrogen and oxygen atoms in total. The van der Waals surface area contributed by atoms with Crippen molar-refractivity contribution in [3.63, 3.8) is 0 Å². The molecule has 4 aromatic rings. The maximum atomic E-state index is 4.34. The van der Waals surface area contributed by atoms with Crippen molar-refractivity contribution in [1.82, 2.24) is 15.0 Å². The Bertz CT molecular complexity index is 1060. The Balaban J connectivity index is 1.60. The van der Waals surface area contributed by atoms with Crippen molar-refractivity contribution in [3.8, 4) is 0 Å². The highest BCUT2D eigenvalue weighted by molar-refractivity contribution is 5.37. The highest BCUT2D eigenvalue weighted by Gasteiger charge is 2.19. The minimum Gasteiger partial charge on any atom is -0.264 e. The summed E-state index contributed by atoms with van der Waals surface area (Å²) in [7, 11) is 0. The predicted molar refractivity (Wildman–Crippen MR) is 163 cm³/mol. The second kappa shape index (κ2) is 15.3. The number of aryl methyl sites for hydroxylation is 3. The van der Waals surface area contributed by atoms with Crippen LogP contribution in [0.4, 0.5) is 0 Å². The second-order valence-corrected chi connectivity index (χ2v) is 10.9. The standard InChI is InChI=1S/C36H45N3/c1-4-31(16-13-28-10-7-19-37-25-28)34-22-35(32(5-2)17-14-29-11-8-20-38-26-29)24-36(23-34)33(6-3)18-15-30-12-9-21-39-27-30/h7-12,19-27,31-33H,4-6,13-18H2,1-3H3. The largest absolute Gasteiger partial charge is 0.264 e. The maximum absolute atomic E-state index is 4.34. The van der Waals surface area contributed by atoms with Crippen LogP contribution < -0.4 is 0 Å². The topological polar surface area (TPSA) is 38.7 Å². The lowest BCUT2D eigenvalue weighted by Gasteiger charge is -2.25. The number of nitrogens with zero attached hydrogens (tertiary/aromatic N) is 3. The van der Waals surface area contributed by atoms with Gasteiger partial charge in [-0.05, 0) is 127 Å². The average Bonchev–Trinajstić information content (AvgIpc) is 3.00. The van der Waals surface area contributed by atoms with E-state index in [9.17, 15) is 0 Å². The van der Waals surface area contributed by atoms with Crippen LogP contribution in [0, 0.1) is 0 Å². The first-order chi connectivity index (χ1) is 19.2. The summed E-state index contributed by atoms with van der Waals surface area (Å²) < 4.78 is 0. The second-order valence-electron chi connectivity index (χ2n) is 10.9. The number of pyridine rings is 3. The molecule has 1 aromatic carbocycles. The molecule has 3 heteroatoms. The quantitative estimate of drug-likeness (QED) is 0.157. The number of rotatable bonds is 15. The SMILES string of the molecule is CCC(CCc1cccnc1)c1cc(C(CC)CCc2cccnc2)cc(C(CC)CCc2cccnc2)c1. The van der Waals surface area contributed by atoms with E-state index in [0.29, 0.717) is 17.8 Å². The first kappa shape index (κ1) is 28.7. The van der Waals surface area contributed by atoms with Crippen molar-refractivity contribution in [2.45, 2.75) is 96.3 Å². The van der Waals surface area contributed by atoms with Gasteiger partial charge in [-0.25, -0.2) is 0 Å². The fourth-order valence-electron chi connectivity index (χ4n) is 5.89. The van der Waals surface area contributed by atoms with Crippen LogP contribution in [0.3, 0.4) is 0 Å². The number of hydrogen-bond donors (Lipinski definition) is 0. The van der Waals surface area contributed by atoms with Crippen molar-refractivity contribution in [3.05, 3.63) is 125 Å². The molecule has 3 atom stereocenters. The zero-order valence-electron chi connectivity index (χ0n) is 24.1. The molecule has 3 aromatic heterocycles. The maximum Gasteiger partial charge on any atom is 0.0299 e. The Morgan fingerprint density at radius 2 is 0.795 bits per heavy atom. The van der Waals surface area contributed by atoms with E-state index in [4.69, 9.17) is 0 Å². The van der Waals surface area contributed by atoms with Crippen LogP contribution in [0.25, 0.3) is 0 Å². The molecular formula is C36H45N3. The van der Waals surface area contributed by atoms with E-state index in [1.54, 1.807) is 0 Å². The molecule has 204 valence electrons. The Kier molecular flexibility index (Phi) is 11.3. The summed E-state index contributed by atoms with van der Waals surface area (Å²) in [6.07, 6.45) is 21.8. The van der Waals surface area contributed by atoms with Crippen LogP contribution >= 0.6 is 0 Å². The molecule has 0 saturated heterocycles. The Labute approximate surface area is 236 Å². The first-order valence-corrected chi connectivity index (χ1v) is 15.0. The van der Waals surface area contributed by atoms with Crippen molar-refractivity contribution in [2.24, 2.45) is 0 Å². The molecule has 4 rings (SSSR count). The van der Waals surface area contributed by atoms with E-state index in [1.165, 1.54) is 33.4 Å². The van der Waals surface area contributed by atoms with Gasteiger partial charge in [0.05, 0.1) is 0 Å². The fraction of sp³-hybridized carbons (Fsp3) is 0.417. The van der Waals surface area contributed by atoms with Crippen LogP contribution in [-0.2, 0) is 19.3 Å². The molecule has 3 heterocycles. The third kappa shape index (κ3) is 8.58. The number of hydrogen-bond acceptors (Lipinski definition) is 3. The first-order valence-electron chi connectivity index (χ1n) is 15.0. The molecular weight excluding hydrogens is 474 g/mol. The van der Waals surface area contributed by atoms with Crippen molar-refractivity contribution >= 4 is 0 Å². The Morgan fingerprint density at radius 3 is 1.03 bits per heavy atom. The van der Waals surface area contributed by atoms with Gasteiger partial charge >= 0.3 is 0 Å². The van der Waals surface area contributed by atoms with Crippen LogP contribution in [0.5, 0.6) is 0 Å². The molecule has 0 saturated carbocycles. The van der Waals surface area contributed by atoms with E-state index < -0.39 is 0 Å². The zero-order chi connectivity index (χ0) is 27.3. The van der Waals surface area contributed by atoms with Crippen LogP contribution in [-0.4, -0.2) is 15.0 Å². The summed E-state index contributed by atoms with van der Waals surface area (Å²) >= 11 is 0. The van der Waals surface area contributed by atoms with Crippen molar-refractivity contribution in [2.75, 3.05) is 0 Å². The van der Waals surface area contributed by atoms with Gasteiger partial charge in [-0.3, -0.25) is 15.0 Å². The minimum absolute atomic E-state index is 0.551. The average molecular weight is 520 g/mol. The predicted octanol–water partition coefficient (Wildman–Crippen LogP) is 9.25. The molecule has 3 unspecified atom stereocenters. The number of benzene rings is 1. The van der Waals surface area contributed by atoms with E-state index >= 15 is 0 Å². The normalized spacial score (nSPS) is 13.6. The highest BCUT2D eigenvalue weighted by Crippen LogP contribution is 2.36. The van der Waals surface area contributed by atoms with Gasteiger partial charge in [0, 0.05) is 37.2 Å². The van der Waals surface area contributed by atoms with E-state index in [1.807, 2.05) is 37.2 Å². The third-order valence-electron chi connectivity index (χ3n) is 8.41. The van der Waals surface area contributed by atoms with Gasteiger partial charge in [0.15, 0.2) is 0 Å². The van der Waals surface area contributed by atoms with Gasteiger partial charge in [0.25, 0.3) is 0 Å². The van der Waals surface area contributed by atoms with E-state index in [0.717, 1.165) is 57.8 Å². The molecule has 0 fully saturated rings. The van der Waals surface area contributed by atoms with E-state index in [-0.39, 0.29) is 0 Å². The molecule has 0 spiro atoms. The van der Waals surface area contributed by atoms with Gasteiger partial charge in [-0.15, -0.1) is 0 Å². The zero-order valence-corrected chi connectivity index (χ0v) is 24.1. The Morgan fingerprint density at radius 1 is 0.487 bits per heavy atom. The van der Waals surface area contributed by atoms with Gasteiger partial charge in [0.1, 0.15) is 0 Å². The molecule has 39 heavy (non-hydrogen) atoms. The van der Waals surface area contributed by atoms with Crippen LogP contribution in [0.2, 0.25) is 0 Å². The lowest BCUT2D eigenvalue weighted by atomic mass is 9.80. The Hall–Kier alpha value is -3.33. The van der Waals surface area contributed by atoms with Crippen molar-refractivity contribution in [1.29, 1.82) is 0 Å². The summed E-state index contributed by atoms with van der Waals surface area (Å²) in [5.74, 6) is 1.65. The van der Waals surface area contributed by atoms with Gasteiger partial charge in [-0.2, -0.15) is 0 Å². The molecule has 0 aliphatic heterocycles. The fourth-order valence-corrected chi connectivity index (χ4v) is 5.89. The smallest absolute Gasteiger partial charge is 0.0299 e. The summed E-state index contributed by atoms with van der Waals surface area (Å²) in [5, 5.41) is 0. The summed E-state index contributed by atoms with van der Waals surface area (Å²) in [6, 6.07) is 20.4. The van der Waals surface area contributed by atoms with Gasteiger partial charge < -0.3 is 0 Å². The third-order valence-corrected chi connectivity index (χ3v) is 8.41. The summed E-state index contributed by atoms with van der Waals surface area (Å²) in [4.78, 5) is 13.0. The van der Waals surface area contributed by atoms with Crippen LogP contribution in [0.15, 0.2) is 91.8 Å². The molecule has 0 amide bonds. The van der Waals surface area contributed by atoms with Gasteiger partial charge in [-0.1, -0.05) is 57.2 Å². The monoisotopic (exact) mass is 519 g/mol. The molecule has 0 aliphatic carbocycles. The minimum atomic E-state index is 0.551. The molecule has 0 N–H and O–H groups in total. The molecule has 0 aliphatic rings. The lowest BCUT2D eigenvalue weighted by Crippen LogP contribution is -2.08. The molecule has 0 bridgehead atoms. The molecule has 0 radical (unpaired) electrons. The lowest BCUT2D eigenvalue weighted by molar-refractivity contribution is 0.574. The van der Waals surface area contributed by atoms with Gasteiger partial charge in [0.2, 0.25) is 0 Å². The van der Waals surface area contributed by atoms with Crippen molar-refractivity contribution < 1.29 is 0 Å². The van der Waals surface area contributed by atoms with Crippen LogP contribution in [0.1, 0.15) is 110 Å². The summed E-state index contributed by atoms with van der Waals surface area (Å²) in [5.41, 5.74) is 8.56.